The van der Waals surface area contributed by atoms with Gasteiger partial charge in [0, 0.05) is 18.8 Å². The third kappa shape index (κ3) is 1.89. The quantitative estimate of drug-likeness (QED) is 0.728. The lowest BCUT2D eigenvalue weighted by atomic mass is 10.3. The van der Waals surface area contributed by atoms with E-state index in [4.69, 9.17) is 11.6 Å². The average molecular weight is 293 g/mol. The molecule has 20 heavy (non-hydrogen) atoms. The minimum atomic E-state index is -0.528. The van der Waals surface area contributed by atoms with Gasteiger partial charge in [-0.15, -0.1) is 10.2 Å². The van der Waals surface area contributed by atoms with Crippen molar-refractivity contribution in [3.63, 3.8) is 0 Å². The molecule has 0 fully saturated rings. The SMILES string of the molecule is CCc1nnc2c(=O)n(-c3ccc(F)c(Cl)c3)ccn12. The van der Waals surface area contributed by atoms with Crippen LogP contribution >= 0.6 is 11.6 Å². The van der Waals surface area contributed by atoms with Gasteiger partial charge >= 0.3 is 5.56 Å². The van der Waals surface area contributed by atoms with E-state index < -0.39 is 5.82 Å². The van der Waals surface area contributed by atoms with Gasteiger partial charge in [-0.2, -0.15) is 0 Å². The van der Waals surface area contributed by atoms with E-state index in [1.54, 1.807) is 16.8 Å². The Bertz CT molecular complexity index is 855. The second kappa shape index (κ2) is 4.72. The van der Waals surface area contributed by atoms with E-state index in [-0.39, 0.29) is 16.2 Å². The predicted molar refractivity (Wildman–Crippen MR) is 72.9 cm³/mol. The number of nitrogens with zero attached hydrogens (tertiary/aromatic N) is 4. The molecule has 0 saturated heterocycles. The van der Waals surface area contributed by atoms with Crippen LogP contribution in [0.2, 0.25) is 5.02 Å². The molecule has 102 valence electrons. The zero-order chi connectivity index (χ0) is 14.3. The van der Waals surface area contributed by atoms with Crippen molar-refractivity contribution in [3.8, 4) is 5.69 Å². The molecule has 2 heterocycles. The second-order valence-corrected chi connectivity index (χ2v) is 4.64. The summed E-state index contributed by atoms with van der Waals surface area (Å²) in [6, 6.07) is 4.09. The number of aromatic nitrogens is 4. The van der Waals surface area contributed by atoms with Gasteiger partial charge in [-0.1, -0.05) is 18.5 Å². The maximum atomic E-state index is 13.2. The summed E-state index contributed by atoms with van der Waals surface area (Å²) in [6.45, 7) is 1.93. The molecule has 0 atom stereocenters. The first kappa shape index (κ1) is 12.8. The molecule has 0 amide bonds. The van der Waals surface area contributed by atoms with Gasteiger partial charge in [0.2, 0.25) is 5.65 Å². The molecule has 3 aromatic rings. The molecule has 1 aromatic carbocycles. The highest BCUT2D eigenvalue weighted by Gasteiger charge is 2.11. The Morgan fingerprint density at radius 1 is 1.30 bits per heavy atom. The number of fused-ring (bicyclic) bond motifs is 1. The van der Waals surface area contributed by atoms with Crippen molar-refractivity contribution in [2.24, 2.45) is 0 Å². The summed E-state index contributed by atoms with van der Waals surface area (Å²) >= 11 is 5.74. The number of halogens is 2. The van der Waals surface area contributed by atoms with Gasteiger partial charge in [-0.05, 0) is 18.2 Å². The fraction of sp³-hybridized carbons (Fsp3) is 0.154. The van der Waals surface area contributed by atoms with Gasteiger partial charge in [0.1, 0.15) is 11.6 Å². The standard InChI is InChI=1S/C13H10ClFN4O/c1-2-11-16-17-12-13(20)18(5-6-19(11)12)8-3-4-10(15)9(14)7-8/h3-7H,2H2,1H3. The van der Waals surface area contributed by atoms with E-state index in [0.717, 1.165) is 0 Å². The van der Waals surface area contributed by atoms with Crippen LogP contribution in [0.25, 0.3) is 11.3 Å². The topological polar surface area (TPSA) is 52.2 Å². The normalized spacial score (nSPS) is 11.2. The van der Waals surface area contributed by atoms with E-state index >= 15 is 0 Å². The average Bonchev–Trinajstić information content (AvgIpc) is 2.86. The van der Waals surface area contributed by atoms with E-state index in [1.807, 2.05) is 6.92 Å². The Morgan fingerprint density at radius 3 is 2.80 bits per heavy atom. The number of rotatable bonds is 2. The summed E-state index contributed by atoms with van der Waals surface area (Å²) in [5, 5.41) is 7.81. The van der Waals surface area contributed by atoms with Crippen LogP contribution in [0.3, 0.4) is 0 Å². The van der Waals surface area contributed by atoms with Crippen LogP contribution in [-0.4, -0.2) is 19.2 Å². The third-order valence-corrected chi connectivity index (χ3v) is 3.33. The summed E-state index contributed by atoms with van der Waals surface area (Å²) in [5.41, 5.74) is 0.372. The first-order valence-electron chi connectivity index (χ1n) is 6.02. The fourth-order valence-electron chi connectivity index (χ4n) is 2.01. The molecule has 0 aliphatic rings. The molecule has 3 rings (SSSR count). The molecule has 0 aliphatic heterocycles. The van der Waals surface area contributed by atoms with Crippen molar-refractivity contribution in [3.05, 3.63) is 57.6 Å². The smallest absolute Gasteiger partial charge is 0.280 e. The molecule has 0 N–H and O–H groups in total. The van der Waals surface area contributed by atoms with E-state index in [0.29, 0.717) is 17.9 Å². The van der Waals surface area contributed by atoms with Crippen LogP contribution in [0.4, 0.5) is 4.39 Å². The van der Waals surface area contributed by atoms with Gasteiger partial charge in [-0.3, -0.25) is 13.8 Å². The van der Waals surface area contributed by atoms with Gasteiger partial charge in [0.05, 0.1) is 10.7 Å². The first-order valence-corrected chi connectivity index (χ1v) is 6.40. The van der Waals surface area contributed by atoms with Crippen molar-refractivity contribution in [1.82, 2.24) is 19.2 Å². The largest absolute Gasteiger partial charge is 0.300 e. The Morgan fingerprint density at radius 2 is 2.10 bits per heavy atom. The number of hydrogen-bond donors (Lipinski definition) is 0. The summed E-state index contributed by atoms with van der Waals surface area (Å²) < 4.78 is 16.2. The zero-order valence-electron chi connectivity index (χ0n) is 10.5. The highest BCUT2D eigenvalue weighted by atomic mass is 35.5. The van der Waals surface area contributed by atoms with Gasteiger partial charge in [0.25, 0.3) is 0 Å². The Labute approximate surface area is 118 Å². The third-order valence-electron chi connectivity index (χ3n) is 3.04. The molecule has 0 aliphatic carbocycles. The van der Waals surface area contributed by atoms with E-state index in [2.05, 4.69) is 10.2 Å². The Balaban J connectivity index is 2.24. The van der Waals surface area contributed by atoms with Crippen LogP contribution in [0.5, 0.6) is 0 Å². The van der Waals surface area contributed by atoms with E-state index in [9.17, 15) is 9.18 Å². The first-order chi connectivity index (χ1) is 9.61. The monoisotopic (exact) mass is 292 g/mol. The van der Waals surface area contributed by atoms with Crippen molar-refractivity contribution < 1.29 is 4.39 Å². The van der Waals surface area contributed by atoms with Crippen molar-refractivity contribution in [1.29, 1.82) is 0 Å². The predicted octanol–water partition coefficient (Wildman–Crippen LogP) is 2.24. The number of aryl methyl sites for hydroxylation is 1. The van der Waals surface area contributed by atoms with Crippen molar-refractivity contribution in [2.75, 3.05) is 0 Å². The maximum Gasteiger partial charge on any atom is 0.300 e. The molecule has 0 radical (unpaired) electrons. The zero-order valence-corrected chi connectivity index (χ0v) is 11.3. The Kier molecular flexibility index (Phi) is 3.02. The molecular weight excluding hydrogens is 283 g/mol. The van der Waals surface area contributed by atoms with Gasteiger partial charge in [-0.25, -0.2) is 4.39 Å². The Hall–Kier alpha value is -2.21. The second-order valence-electron chi connectivity index (χ2n) is 4.24. The van der Waals surface area contributed by atoms with Gasteiger partial charge in [0.15, 0.2) is 0 Å². The van der Waals surface area contributed by atoms with Crippen LogP contribution < -0.4 is 5.56 Å². The fourth-order valence-corrected chi connectivity index (χ4v) is 2.19. The van der Waals surface area contributed by atoms with E-state index in [1.165, 1.54) is 22.8 Å². The van der Waals surface area contributed by atoms with Crippen LogP contribution in [0.15, 0.2) is 35.4 Å². The molecule has 0 spiro atoms. The summed E-state index contributed by atoms with van der Waals surface area (Å²) in [6.07, 6.45) is 3.96. The van der Waals surface area contributed by atoms with Gasteiger partial charge < -0.3 is 0 Å². The van der Waals surface area contributed by atoms with Crippen LogP contribution in [-0.2, 0) is 6.42 Å². The molecule has 2 aromatic heterocycles. The lowest BCUT2D eigenvalue weighted by Crippen LogP contribution is -2.20. The lowest BCUT2D eigenvalue weighted by molar-refractivity contribution is 0.627. The summed E-state index contributed by atoms with van der Waals surface area (Å²) in [7, 11) is 0. The maximum absolute atomic E-state index is 13.2. The molecular formula is C13H10ClFN4O. The van der Waals surface area contributed by atoms with Crippen molar-refractivity contribution in [2.45, 2.75) is 13.3 Å². The minimum Gasteiger partial charge on any atom is -0.280 e. The van der Waals surface area contributed by atoms with Crippen LogP contribution in [0.1, 0.15) is 12.7 Å². The molecule has 0 saturated carbocycles. The number of benzene rings is 1. The molecule has 0 unspecified atom stereocenters. The molecule has 5 nitrogen and oxygen atoms in total. The lowest BCUT2D eigenvalue weighted by Gasteiger charge is -2.07. The number of hydrogen-bond acceptors (Lipinski definition) is 3. The van der Waals surface area contributed by atoms with Crippen LogP contribution in [0, 0.1) is 5.82 Å². The summed E-state index contributed by atoms with van der Waals surface area (Å²) in [5.74, 6) is 0.182. The molecule has 0 bridgehead atoms. The summed E-state index contributed by atoms with van der Waals surface area (Å²) in [4.78, 5) is 12.4. The van der Waals surface area contributed by atoms with Crippen molar-refractivity contribution >= 4 is 17.2 Å². The highest BCUT2D eigenvalue weighted by Crippen LogP contribution is 2.18. The highest BCUT2D eigenvalue weighted by molar-refractivity contribution is 6.30. The molecule has 7 heteroatoms. The minimum absolute atomic E-state index is 0.0370.